The van der Waals surface area contributed by atoms with Gasteiger partial charge >= 0.3 is 0 Å². The average Bonchev–Trinajstić information content (AvgIpc) is 3.04. The number of nitrogens with zero attached hydrogens (tertiary/aromatic N) is 1. The fraction of sp³-hybridized carbons (Fsp3) is 0.222. The maximum absolute atomic E-state index is 12.4. The molecule has 0 aliphatic carbocycles. The average molecular weight is 310 g/mol. The van der Waals surface area contributed by atoms with Crippen LogP contribution in [0.25, 0.3) is 11.3 Å². The molecule has 0 aliphatic heterocycles. The number of hydrogen-bond donors (Lipinski definition) is 1. The summed E-state index contributed by atoms with van der Waals surface area (Å²) in [5, 5.41) is 2.89. The summed E-state index contributed by atoms with van der Waals surface area (Å²) < 4.78 is 11.0. The number of nitrogens with one attached hydrogen (secondary N) is 1. The van der Waals surface area contributed by atoms with Gasteiger partial charge in [0.1, 0.15) is 11.5 Å². The summed E-state index contributed by atoms with van der Waals surface area (Å²) >= 11 is 0. The Kier molecular flexibility index (Phi) is 3.78. The van der Waals surface area contributed by atoms with Crippen molar-refractivity contribution < 1.29 is 13.6 Å². The molecule has 0 spiro atoms. The van der Waals surface area contributed by atoms with Crippen LogP contribution in [-0.2, 0) is 0 Å². The highest BCUT2D eigenvalue weighted by Crippen LogP contribution is 2.24. The van der Waals surface area contributed by atoms with E-state index in [2.05, 4.69) is 10.3 Å². The number of rotatable bonds is 3. The maximum Gasteiger partial charge on any atom is 0.259 e. The molecular weight excluding hydrogens is 292 g/mol. The van der Waals surface area contributed by atoms with Crippen molar-refractivity contribution in [2.45, 2.75) is 27.7 Å². The Hall–Kier alpha value is -2.82. The van der Waals surface area contributed by atoms with Crippen molar-refractivity contribution in [1.29, 1.82) is 0 Å². The zero-order chi connectivity index (χ0) is 16.6. The molecule has 0 saturated heterocycles. The van der Waals surface area contributed by atoms with E-state index in [1.165, 1.54) is 0 Å². The SMILES string of the molecule is Cc1ncc(-c2ccc(NC(=O)c3c(C)oc(C)c3C)cc2)o1. The van der Waals surface area contributed by atoms with E-state index < -0.39 is 0 Å². The minimum Gasteiger partial charge on any atom is -0.466 e. The standard InChI is InChI=1S/C18H18N2O3/c1-10-11(2)22-12(3)17(10)18(21)20-15-7-5-14(6-8-15)16-9-19-13(4)23-16/h5-9H,1-4H3,(H,20,21). The number of furan rings is 1. The van der Waals surface area contributed by atoms with Crippen molar-refractivity contribution >= 4 is 11.6 Å². The van der Waals surface area contributed by atoms with Gasteiger partial charge in [-0.25, -0.2) is 4.98 Å². The Morgan fingerprint density at radius 2 is 1.70 bits per heavy atom. The molecule has 1 aromatic carbocycles. The molecule has 0 radical (unpaired) electrons. The maximum atomic E-state index is 12.4. The number of aromatic nitrogens is 1. The van der Waals surface area contributed by atoms with Gasteiger partial charge in [0.05, 0.1) is 11.8 Å². The third-order valence-electron chi connectivity index (χ3n) is 3.84. The Morgan fingerprint density at radius 1 is 1.00 bits per heavy atom. The van der Waals surface area contributed by atoms with Crippen LogP contribution < -0.4 is 5.32 Å². The third-order valence-corrected chi connectivity index (χ3v) is 3.84. The summed E-state index contributed by atoms with van der Waals surface area (Å²) in [4.78, 5) is 16.5. The molecule has 5 heteroatoms. The van der Waals surface area contributed by atoms with Gasteiger partial charge in [0.25, 0.3) is 5.91 Å². The molecule has 118 valence electrons. The molecule has 1 N–H and O–H groups in total. The highest BCUT2D eigenvalue weighted by atomic mass is 16.4. The van der Waals surface area contributed by atoms with Gasteiger partial charge in [-0.05, 0) is 45.0 Å². The van der Waals surface area contributed by atoms with Gasteiger partial charge in [-0.1, -0.05) is 0 Å². The van der Waals surface area contributed by atoms with Gasteiger partial charge in [-0.15, -0.1) is 0 Å². The number of amides is 1. The van der Waals surface area contributed by atoms with Crippen molar-refractivity contribution in [2.24, 2.45) is 0 Å². The Morgan fingerprint density at radius 3 is 2.22 bits per heavy atom. The highest BCUT2D eigenvalue weighted by Gasteiger charge is 2.18. The second-order valence-corrected chi connectivity index (χ2v) is 5.49. The largest absolute Gasteiger partial charge is 0.466 e. The Balaban J connectivity index is 1.79. The summed E-state index contributed by atoms with van der Waals surface area (Å²) in [5.74, 6) is 2.56. The molecule has 5 nitrogen and oxygen atoms in total. The molecule has 3 aromatic rings. The summed E-state index contributed by atoms with van der Waals surface area (Å²) in [6.07, 6.45) is 1.68. The quantitative estimate of drug-likeness (QED) is 0.777. The lowest BCUT2D eigenvalue weighted by Gasteiger charge is -2.06. The number of oxazole rings is 1. The van der Waals surface area contributed by atoms with E-state index in [-0.39, 0.29) is 5.91 Å². The molecule has 23 heavy (non-hydrogen) atoms. The first kappa shape index (κ1) is 15.1. The zero-order valence-corrected chi connectivity index (χ0v) is 13.6. The normalized spacial score (nSPS) is 10.8. The van der Waals surface area contributed by atoms with Crippen LogP contribution in [0.4, 0.5) is 5.69 Å². The van der Waals surface area contributed by atoms with Crippen LogP contribution >= 0.6 is 0 Å². The predicted molar refractivity (Wildman–Crippen MR) is 87.5 cm³/mol. The molecule has 3 rings (SSSR count). The van der Waals surface area contributed by atoms with Gasteiger partial charge in [0.2, 0.25) is 0 Å². The van der Waals surface area contributed by atoms with Crippen LogP contribution in [0.15, 0.2) is 39.3 Å². The molecule has 0 bridgehead atoms. The van der Waals surface area contributed by atoms with E-state index >= 15 is 0 Å². The molecule has 0 aliphatic rings. The topological polar surface area (TPSA) is 68.3 Å². The smallest absolute Gasteiger partial charge is 0.259 e. The number of benzene rings is 1. The lowest BCUT2D eigenvalue weighted by molar-refractivity contribution is 0.102. The number of aryl methyl sites for hydroxylation is 3. The molecule has 0 atom stereocenters. The lowest BCUT2D eigenvalue weighted by atomic mass is 10.1. The second kappa shape index (κ2) is 5.76. The predicted octanol–water partition coefficient (Wildman–Crippen LogP) is 4.42. The van der Waals surface area contributed by atoms with Crippen molar-refractivity contribution in [1.82, 2.24) is 4.98 Å². The number of anilines is 1. The van der Waals surface area contributed by atoms with Crippen molar-refractivity contribution in [2.75, 3.05) is 5.32 Å². The third kappa shape index (κ3) is 2.90. The fourth-order valence-corrected chi connectivity index (χ4v) is 2.53. The monoisotopic (exact) mass is 310 g/mol. The zero-order valence-electron chi connectivity index (χ0n) is 13.6. The Labute approximate surface area is 134 Å². The van der Waals surface area contributed by atoms with Gasteiger partial charge in [0.15, 0.2) is 11.7 Å². The number of carbonyl (C=O) groups excluding carboxylic acids is 1. The summed E-state index contributed by atoms with van der Waals surface area (Å²) in [7, 11) is 0. The van der Waals surface area contributed by atoms with Gasteiger partial charge in [-0.2, -0.15) is 0 Å². The van der Waals surface area contributed by atoms with Crippen LogP contribution in [0.5, 0.6) is 0 Å². The van der Waals surface area contributed by atoms with Crippen molar-refractivity contribution in [3.05, 3.63) is 59.0 Å². The number of hydrogen-bond acceptors (Lipinski definition) is 4. The minimum atomic E-state index is -0.167. The summed E-state index contributed by atoms with van der Waals surface area (Å²) in [6, 6.07) is 7.44. The van der Waals surface area contributed by atoms with E-state index in [1.807, 2.05) is 38.1 Å². The molecule has 0 fully saturated rings. The Bertz CT molecular complexity index is 857. The van der Waals surface area contributed by atoms with Gasteiger partial charge < -0.3 is 14.2 Å². The summed E-state index contributed by atoms with van der Waals surface area (Å²) in [5.41, 5.74) is 3.09. The van der Waals surface area contributed by atoms with Crippen LogP contribution in [0.2, 0.25) is 0 Å². The number of carbonyl (C=O) groups is 1. The second-order valence-electron chi connectivity index (χ2n) is 5.49. The first-order valence-corrected chi connectivity index (χ1v) is 7.36. The van der Waals surface area contributed by atoms with Crippen molar-refractivity contribution in [3.63, 3.8) is 0 Å². The van der Waals surface area contributed by atoms with Crippen LogP contribution in [-0.4, -0.2) is 10.9 Å². The van der Waals surface area contributed by atoms with Crippen LogP contribution in [0.3, 0.4) is 0 Å². The molecule has 1 amide bonds. The van der Waals surface area contributed by atoms with E-state index in [4.69, 9.17) is 8.83 Å². The summed E-state index contributed by atoms with van der Waals surface area (Å²) in [6.45, 7) is 7.34. The molecule has 2 heterocycles. The van der Waals surface area contributed by atoms with Gasteiger partial charge in [-0.3, -0.25) is 4.79 Å². The molecule has 0 unspecified atom stereocenters. The van der Waals surface area contributed by atoms with Crippen LogP contribution in [0.1, 0.15) is 33.3 Å². The molecule has 2 aromatic heterocycles. The van der Waals surface area contributed by atoms with Gasteiger partial charge in [0, 0.05) is 23.7 Å². The lowest BCUT2D eigenvalue weighted by Crippen LogP contribution is -2.13. The van der Waals surface area contributed by atoms with Crippen LogP contribution in [0, 0.1) is 27.7 Å². The first-order valence-electron chi connectivity index (χ1n) is 7.36. The molecule has 0 saturated carbocycles. The van der Waals surface area contributed by atoms with E-state index in [9.17, 15) is 4.79 Å². The van der Waals surface area contributed by atoms with E-state index in [0.717, 1.165) is 16.9 Å². The van der Waals surface area contributed by atoms with Crippen molar-refractivity contribution in [3.8, 4) is 11.3 Å². The first-order chi connectivity index (χ1) is 11.0. The van der Waals surface area contributed by atoms with E-state index in [0.29, 0.717) is 28.7 Å². The fourth-order valence-electron chi connectivity index (χ4n) is 2.53. The minimum absolute atomic E-state index is 0.167. The molecular formula is C18H18N2O3. The highest BCUT2D eigenvalue weighted by molar-refractivity contribution is 6.06. The van der Waals surface area contributed by atoms with E-state index in [1.54, 1.807) is 20.0 Å².